The predicted molar refractivity (Wildman–Crippen MR) is 132 cm³/mol. The van der Waals surface area contributed by atoms with Gasteiger partial charge < -0.3 is 15.0 Å². The number of aliphatic hydroxyl groups excluding tert-OH is 1. The number of hydrogen-bond donors (Lipinski definition) is 2. The first kappa shape index (κ1) is 22.9. The van der Waals surface area contributed by atoms with E-state index in [4.69, 9.17) is 0 Å². The summed E-state index contributed by atoms with van der Waals surface area (Å²) in [6.45, 7) is 0.260. The predicted octanol–water partition coefficient (Wildman–Crippen LogP) is 2.66. The van der Waals surface area contributed by atoms with Gasteiger partial charge in [0.1, 0.15) is 0 Å². The number of nitrogens with one attached hydrogen (secondary N) is 1. The highest BCUT2D eigenvalue weighted by Crippen LogP contribution is 2.20. The van der Waals surface area contributed by atoms with E-state index in [1.165, 1.54) is 4.57 Å². The van der Waals surface area contributed by atoms with E-state index in [0.29, 0.717) is 22.9 Å². The molecule has 2 atom stereocenters. The molecular weight excluding hydrogens is 444 g/mol. The molecule has 4 aromatic rings. The van der Waals surface area contributed by atoms with Crippen molar-refractivity contribution < 1.29 is 9.90 Å². The first-order valence-corrected chi connectivity index (χ1v) is 11.9. The number of amides is 1. The molecule has 0 aliphatic heterocycles. The molecule has 180 valence electrons. The highest BCUT2D eigenvalue weighted by atomic mass is 16.3. The second kappa shape index (κ2) is 9.79. The maximum atomic E-state index is 13.3. The van der Waals surface area contributed by atoms with Gasteiger partial charge in [-0.15, -0.1) is 0 Å². The van der Waals surface area contributed by atoms with Crippen LogP contribution in [0.4, 0.5) is 0 Å². The second-order valence-electron chi connectivity index (χ2n) is 9.12. The molecule has 0 spiro atoms. The van der Waals surface area contributed by atoms with Gasteiger partial charge in [-0.3, -0.25) is 24.2 Å². The molecule has 1 aliphatic carbocycles. The third kappa shape index (κ3) is 4.85. The van der Waals surface area contributed by atoms with Crippen LogP contribution in [0.25, 0.3) is 22.2 Å². The quantitative estimate of drug-likeness (QED) is 0.432. The number of pyridine rings is 3. The summed E-state index contributed by atoms with van der Waals surface area (Å²) in [5, 5.41) is 18.0. The minimum absolute atomic E-state index is 0.226. The molecule has 1 saturated carbocycles. The fourth-order valence-corrected chi connectivity index (χ4v) is 4.65. The first-order valence-electron chi connectivity index (χ1n) is 11.9. The standard InChI is InChI=1S/C26H28N6O3/c1-31-15-18(13-29-31)21-10-9-17(12-28-21)14-32-16-20(24-19(26(32)35)6-5-11-27-24)25(34)30-22-7-3-2-4-8-23(22)33/h5-6,9-13,15-16,22-23,33H,2-4,7-8,14H2,1H3,(H,30,34)/t22-,23-/m0/s1. The van der Waals surface area contributed by atoms with Crippen molar-refractivity contribution in [3.05, 3.63) is 76.7 Å². The Kier molecular flexibility index (Phi) is 6.41. The van der Waals surface area contributed by atoms with E-state index >= 15 is 0 Å². The highest BCUT2D eigenvalue weighted by molar-refractivity contribution is 6.05. The summed E-state index contributed by atoms with van der Waals surface area (Å²) in [6.07, 6.45) is 12.3. The van der Waals surface area contributed by atoms with Crippen molar-refractivity contribution in [3.8, 4) is 11.3 Å². The van der Waals surface area contributed by atoms with Crippen LogP contribution in [0, 0.1) is 0 Å². The minimum atomic E-state index is -0.573. The molecule has 0 aromatic carbocycles. The molecule has 5 rings (SSSR count). The molecule has 4 aromatic heterocycles. The van der Waals surface area contributed by atoms with Crippen molar-refractivity contribution in [2.45, 2.75) is 50.8 Å². The molecule has 0 unspecified atom stereocenters. The van der Waals surface area contributed by atoms with Crippen molar-refractivity contribution in [2.24, 2.45) is 7.05 Å². The summed E-state index contributed by atoms with van der Waals surface area (Å²) in [6, 6.07) is 6.86. The number of carbonyl (C=O) groups is 1. The molecule has 2 N–H and O–H groups in total. The van der Waals surface area contributed by atoms with Gasteiger partial charge in [-0.05, 0) is 36.6 Å². The lowest BCUT2D eigenvalue weighted by molar-refractivity contribution is 0.0819. The highest BCUT2D eigenvalue weighted by Gasteiger charge is 2.25. The van der Waals surface area contributed by atoms with Crippen LogP contribution in [0.2, 0.25) is 0 Å². The molecule has 0 bridgehead atoms. The summed E-state index contributed by atoms with van der Waals surface area (Å²) < 4.78 is 3.23. The molecule has 0 radical (unpaired) electrons. The van der Waals surface area contributed by atoms with E-state index in [1.807, 2.05) is 25.4 Å². The summed E-state index contributed by atoms with van der Waals surface area (Å²) in [7, 11) is 1.85. The molecule has 1 amide bonds. The normalized spacial score (nSPS) is 18.3. The molecule has 1 aliphatic rings. The van der Waals surface area contributed by atoms with Crippen LogP contribution >= 0.6 is 0 Å². The number of aromatic nitrogens is 5. The number of nitrogens with zero attached hydrogens (tertiary/aromatic N) is 5. The van der Waals surface area contributed by atoms with Gasteiger partial charge in [0.05, 0.1) is 47.0 Å². The second-order valence-corrected chi connectivity index (χ2v) is 9.12. The molecule has 9 heteroatoms. The molecular formula is C26H28N6O3. The van der Waals surface area contributed by atoms with Crippen molar-refractivity contribution >= 4 is 16.8 Å². The lowest BCUT2D eigenvalue weighted by Crippen LogP contribution is -2.43. The number of fused-ring (bicyclic) bond motifs is 1. The van der Waals surface area contributed by atoms with Crippen LogP contribution in [-0.2, 0) is 13.6 Å². The lowest BCUT2D eigenvalue weighted by Gasteiger charge is -2.22. The average molecular weight is 473 g/mol. The van der Waals surface area contributed by atoms with Gasteiger partial charge in [-0.25, -0.2) is 0 Å². The summed E-state index contributed by atoms with van der Waals surface area (Å²) in [5.41, 5.74) is 2.98. The Balaban J connectivity index is 1.45. The monoisotopic (exact) mass is 472 g/mol. The van der Waals surface area contributed by atoms with Crippen LogP contribution in [0.1, 0.15) is 48.0 Å². The minimum Gasteiger partial charge on any atom is -0.391 e. The Hall–Kier alpha value is -3.85. The Bertz CT molecular complexity index is 1410. The molecule has 1 fully saturated rings. The topological polar surface area (TPSA) is 115 Å². The van der Waals surface area contributed by atoms with E-state index in [9.17, 15) is 14.7 Å². The Morgan fingerprint density at radius 1 is 1.11 bits per heavy atom. The molecule has 0 saturated heterocycles. The number of rotatable bonds is 5. The van der Waals surface area contributed by atoms with Crippen LogP contribution < -0.4 is 10.9 Å². The van der Waals surface area contributed by atoms with Crippen LogP contribution in [0.5, 0.6) is 0 Å². The van der Waals surface area contributed by atoms with Gasteiger partial charge >= 0.3 is 0 Å². The van der Waals surface area contributed by atoms with Crippen molar-refractivity contribution in [1.29, 1.82) is 0 Å². The van der Waals surface area contributed by atoms with E-state index < -0.39 is 6.10 Å². The van der Waals surface area contributed by atoms with E-state index in [1.54, 1.807) is 41.6 Å². The summed E-state index contributed by atoms with van der Waals surface area (Å²) >= 11 is 0. The smallest absolute Gasteiger partial charge is 0.260 e. The van der Waals surface area contributed by atoms with Gasteiger partial charge in [-0.2, -0.15) is 5.10 Å². The number of aryl methyl sites for hydroxylation is 1. The third-order valence-electron chi connectivity index (χ3n) is 6.56. The van der Waals surface area contributed by atoms with E-state index in [-0.39, 0.29) is 24.1 Å². The van der Waals surface area contributed by atoms with Crippen molar-refractivity contribution in [2.75, 3.05) is 0 Å². The average Bonchev–Trinajstić information content (AvgIpc) is 3.21. The van der Waals surface area contributed by atoms with Crippen molar-refractivity contribution in [3.63, 3.8) is 0 Å². The zero-order valence-corrected chi connectivity index (χ0v) is 19.6. The molecule has 4 heterocycles. The van der Waals surface area contributed by atoms with Crippen molar-refractivity contribution in [1.82, 2.24) is 29.6 Å². The van der Waals surface area contributed by atoms with E-state index in [0.717, 1.165) is 42.5 Å². The zero-order valence-electron chi connectivity index (χ0n) is 19.6. The number of aliphatic hydroxyl groups is 1. The largest absolute Gasteiger partial charge is 0.391 e. The van der Waals surface area contributed by atoms with Gasteiger partial charge in [0.15, 0.2) is 0 Å². The fraction of sp³-hybridized carbons (Fsp3) is 0.346. The van der Waals surface area contributed by atoms with Gasteiger partial charge in [0.25, 0.3) is 11.5 Å². The maximum Gasteiger partial charge on any atom is 0.260 e. The Morgan fingerprint density at radius 3 is 2.74 bits per heavy atom. The zero-order chi connectivity index (χ0) is 24.4. The van der Waals surface area contributed by atoms with E-state index in [2.05, 4.69) is 20.4 Å². The van der Waals surface area contributed by atoms with Gasteiger partial charge in [0.2, 0.25) is 0 Å². The Labute approximate surface area is 202 Å². The summed E-state index contributed by atoms with van der Waals surface area (Å²) in [4.78, 5) is 35.4. The number of hydrogen-bond acceptors (Lipinski definition) is 6. The maximum absolute atomic E-state index is 13.3. The fourth-order valence-electron chi connectivity index (χ4n) is 4.65. The molecule has 9 nitrogen and oxygen atoms in total. The van der Waals surface area contributed by atoms with Crippen LogP contribution in [-0.4, -0.2) is 47.5 Å². The summed E-state index contributed by atoms with van der Waals surface area (Å²) in [5.74, 6) is -0.335. The van der Waals surface area contributed by atoms with Crippen LogP contribution in [0.3, 0.4) is 0 Å². The Morgan fingerprint density at radius 2 is 1.97 bits per heavy atom. The lowest BCUT2D eigenvalue weighted by atomic mass is 10.0. The van der Waals surface area contributed by atoms with Gasteiger partial charge in [0, 0.05) is 37.4 Å². The SMILES string of the molecule is Cn1cc(-c2ccc(Cn3cc(C(=O)N[C@H]4CCCCC[C@@H]4O)c4ncccc4c3=O)cn2)cn1. The third-order valence-corrected chi connectivity index (χ3v) is 6.56. The van der Waals surface area contributed by atoms with Crippen LogP contribution in [0.15, 0.2) is 60.0 Å². The van der Waals surface area contributed by atoms with Gasteiger partial charge in [-0.1, -0.05) is 25.3 Å². The first-order chi connectivity index (χ1) is 17.0. The number of carbonyl (C=O) groups excluding carboxylic acids is 1. The molecule has 35 heavy (non-hydrogen) atoms.